The van der Waals surface area contributed by atoms with Crippen LogP contribution in [0.25, 0.3) is 0 Å². The topological polar surface area (TPSA) is 32.3 Å². The van der Waals surface area contributed by atoms with E-state index in [0.717, 1.165) is 12.1 Å². The van der Waals surface area contributed by atoms with Crippen LogP contribution in [0.1, 0.15) is 18.4 Å². The number of phenolic OH excluding ortho intramolecular Hbond substituents is 1. The molecule has 0 unspecified atom stereocenters. The number of rotatable bonds is 3. The maximum absolute atomic E-state index is 9.31. The van der Waals surface area contributed by atoms with E-state index < -0.39 is 0 Å². The van der Waals surface area contributed by atoms with Gasteiger partial charge in [0.05, 0.1) is 5.02 Å². The van der Waals surface area contributed by atoms with Crippen LogP contribution in [0.3, 0.4) is 0 Å². The lowest BCUT2D eigenvalue weighted by molar-refractivity contribution is 0.472. The summed E-state index contributed by atoms with van der Waals surface area (Å²) in [4.78, 5) is 0. The molecule has 0 aromatic heterocycles. The number of hydrogen-bond donors (Lipinski definition) is 2. The van der Waals surface area contributed by atoms with Crippen LogP contribution in [0.2, 0.25) is 5.02 Å². The summed E-state index contributed by atoms with van der Waals surface area (Å²) in [6.45, 7) is 0.829. The Kier molecular flexibility index (Phi) is 4.38. The zero-order valence-corrected chi connectivity index (χ0v) is 10.7. The molecule has 0 aliphatic carbocycles. The van der Waals surface area contributed by atoms with E-state index in [2.05, 4.69) is 5.32 Å². The Bertz CT molecular complexity index is 353. The second-order valence-electron chi connectivity index (χ2n) is 4.05. The highest BCUT2D eigenvalue weighted by Crippen LogP contribution is 2.24. The molecule has 0 spiro atoms. The lowest BCUT2D eigenvalue weighted by atomic mass is 10.1. The molecule has 4 heteroatoms. The third-order valence-electron chi connectivity index (χ3n) is 2.83. The summed E-state index contributed by atoms with van der Waals surface area (Å²) in [6, 6.07) is 6.01. The van der Waals surface area contributed by atoms with E-state index in [1.54, 1.807) is 6.07 Å². The molecule has 1 aromatic carbocycles. The summed E-state index contributed by atoms with van der Waals surface area (Å²) in [5, 5.41) is 13.3. The number of benzene rings is 1. The largest absolute Gasteiger partial charge is 0.506 e. The number of halogens is 1. The molecule has 2 N–H and O–H groups in total. The van der Waals surface area contributed by atoms with Crippen molar-refractivity contribution in [2.24, 2.45) is 0 Å². The van der Waals surface area contributed by atoms with Gasteiger partial charge in [0.15, 0.2) is 0 Å². The standard InChI is InChI=1S/C12H16ClNOS/c13-11-7-9(1-2-12(11)15)8-14-10-3-5-16-6-4-10/h1-2,7,10,14-15H,3-6,8H2. The zero-order valence-electron chi connectivity index (χ0n) is 9.08. The Hall–Kier alpha value is -0.380. The minimum absolute atomic E-state index is 0.152. The Balaban J connectivity index is 1.86. The second-order valence-corrected chi connectivity index (χ2v) is 5.69. The van der Waals surface area contributed by atoms with Gasteiger partial charge in [0.2, 0.25) is 0 Å². The molecular weight excluding hydrogens is 242 g/mol. The van der Waals surface area contributed by atoms with Gasteiger partial charge < -0.3 is 10.4 Å². The number of aromatic hydroxyl groups is 1. The van der Waals surface area contributed by atoms with Crippen molar-refractivity contribution in [2.75, 3.05) is 11.5 Å². The molecule has 0 radical (unpaired) electrons. The van der Waals surface area contributed by atoms with Crippen molar-refractivity contribution >= 4 is 23.4 Å². The van der Waals surface area contributed by atoms with Gasteiger partial charge in [0, 0.05) is 12.6 Å². The third-order valence-corrected chi connectivity index (χ3v) is 4.18. The maximum atomic E-state index is 9.31. The van der Waals surface area contributed by atoms with E-state index >= 15 is 0 Å². The van der Waals surface area contributed by atoms with Crippen molar-refractivity contribution in [3.8, 4) is 5.75 Å². The Morgan fingerprint density at radius 3 is 2.81 bits per heavy atom. The molecule has 16 heavy (non-hydrogen) atoms. The maximum Gasteiger partial charge on any atom is 0.134 e. The van der Waals surface area contributed by atoms with Crippen LogP contribution >= 0.6 is 23.4 Å². The highest BCUT2D eigenvalue weighted by Gasteiger charge is 2.12. The summed E-state index contributed by atoms with van der Waals surface area (Å²) in [7, 11) is 0. The SMILES string of the molecule is Oc1ccc(CNC2CCSCC2)cc1Cl. The fraction of sp³-hybridized carbons (Fsp3) is 0.500. The van der Waals surface area contributed by atoms with Gasteiger partial charge in [-0.2, -0.15) is 11.8 Å². The Labute approximate surface area is 105 Å². The van der Waals surface area contributed by atoms with Crippen LogP contribution in [0.5, 0.6) is 5.75 Å². The van der Waals surface area contributed by atoms with E-state index in [0.29, 0.717) is 11.1 Å². The molecule has 1 aromatic rings. The molecule has 2 nitrogen and oxygen atoms in total. The minimum atomic E-state index is 0.152. The molecule has 1 aliphatic heterocycles. The molecule has 0 saturated carbocycles. The number of nitrogens with one attached hydrogen (secondary N) is 1. The number of hydrogen-bond acceptors (Lipinski definition) is 3. The number of thioether (sulfide) groups is 1. The van der Waals surface area contributed by atoms with E-state index in [1.807, 2.05) is 23.9 Å². The van der Waals surface area contributed by atoms with Gasteiger partial charge in [-0.1, -0.05) is 17.7 Å². The highest BCUT2D eigenvalue weighted by molar-refractivity contribution is 7.99. The lowest BCUT2D eigenvalue weighted by Gasteiger charge is -2.22. The second kappa shape index (κ2) is 5.80. The van der Waals surface area contributed by atoms with Gasteiger partial charge in [-0.25, -0.2) is 0 Å². The summed E-state index contributed by atoms with van der Waals surface area (Å²) in [5.74, 6) is 2.67. The van der Waals surface area contributed by atoms with Gasteiger partial charge in [-0.3, -0.25) is 0 Å². The quantitative estimate of drug-likeness (QED) is 0.873. The fourth-order valence-corrected chi connectivity index (χ4v) is 3.13. The van der Waals surface area contributed by atoms with Crippen molar-refractivity contribution < 1.29 is 5.11 Å². The van der Waals surface area contributed by atoms with Crippen LogP contribution in [0.15, 0.2) is 18.2 Å². The van der Waals surface area contributed by atoms with Crippen molar-refractivity contribution in [3.05, 3.63) is 28.8 Å². The highest BCUT2D eigenvalue weighted by atomic mass is 35.5. The molecule has 88 valence electrons. The molecule has 0 amide bonds. The molecule has 0 bridgehead atoms. The normalized spacial score (nSPS) is 17.6. The van der Waals surface area contributed by atoms with Crippen LogP contribution in [0.4, 0.5) is 0 Å². The van der Waals surface area contributed by atoms with Crippen molar-refractivity contribution in [3.63, 3.8) is 0 Å². The molecule has 0 atom stereocenters. The Morgan fingerprint density at radius 2 is 2.12 bits per heavy atom. The van der Waals surface area contributed by atoms with Gasteiger partial charge in [-0.05, 0) is 42.0 Å². The van der Waals surface area contributed by atoms with E-state index in [4.69, 9.17) is 11.6 Å². The average Bonchev–Trinajstić information content (AvgIpc) is 2.32. The van der Waals surface area contributed by atoms with Crippen molar-refractivity contribution in [2.45, 2.75) is 25.4 Å². The predicted octanol–water partition coefficient (Wildman–Crippen LogP) is 3.03. The van der Waals surface area contributed by atoms with E-state index in [-0.39, 0.29) is 5.75 Å². The lowest BCUT2D eigenvalue weighted by Crippen LogP contribution is -2.31. The fourth-order valence-electron chi connectivity index (χ4n) is 1.82. The molecule has 2 rings (SSSR count). The Morgan fingerprint density at radius 1 is 1.38 bits per heavy atom. The monoisotopic (exact) mass is 257 g/mol. The van der Waals surface area contributed by atoms with Crippen LogP contribution < -0.4 is 5.32 Å². The zero-order chi connectivity index (χ0) is 11.4. The molecule has 1 fully saturated rings. The summed E-state index contributed by atoms with van der Waals surface area (Å²) >= 11 is 7.88. The van der Waals surface area contributed by atoms with E-state index in [9.17, 15) is 5.11 Å². The van der Waals surface area contributed by atoms with Gasteiger partial charge in [-0.15, -0.1) is 0 Å². The summed E-state index contributed by atoms with van der Waals surface area (Å²) < 4.78 is 0. The molecule has 1 saturated heterocycles. The molecule has 1 heterocycles. The summed E-state index contributed by atoms with van der Waals surface area (Å²) in [6.07, 6.45) is 2.49. The summed E-state index contributed by atoms with van der Waals surface area (Å²) in [5.41, 5.74) is 1.13. The third kappa shape index (κ3) is 3.30. The van der Waals surface area contributed by atoms with Gasteiger partial charge in [0.1, 0.15) is 5.75 Å². The minimum Gasteiger partial charge on any atom is -0.506 e. The van der Waals surface area contributed by atoms with E-state index in [1.165, 1.54) is 24.3 Å². The molecule has 1 aliphatic rings. The van der Waals surface area contributed by atoms with Crippen LogP contribution in [0, 0.1) is 0 Å². The van der Waals surface area contributed by atoms with Gasteiger partial charge >= 0.3 is 0 Å². The average molecular weight is 258 g/mol. The first-order valence-corrected chi connectivity index (χ1v) is 7.07. The molecular formula is C12H16ClNOS. The number of phenols is 1. The first kappa shape index (κ1) is 12.1. The smallest absolute Gasteiger partial charge is 0.134 e. The van der Waals surface area contributed by atoms with Gasteiger partial charge in [0.25, 0.3) is 0 Å². The van der Waals surface area contributed by atoms with Crippen LogP contribution in [-0.4, -0.2) is 22.7 Å². The first-order chi connectivity index (χ1) is 7.75. The van der Waals surface area contributed by atoms with Crippen LogP contribution in [-0.2, 0) is 6.54 Å². The van der Waals surface area contributed by atoms with Crippen molar-refractivity contribution in [1.82, 2.24) is 5.32 Å². The van der Waals surface area contributed by atoms with Crippen molar-refractivity contribution in [1.29, 1.82) is 0 Å². The first-order valence-electron chi connectivity index (χ1n) is 5.54. The predicted molar refractivity (Wildman–Crippen MR) is 70.3 cm³/mol.